The van der Waals surface area contributed by atoms with Crippen LogP contribution in [0.3, 0.4) is 0 Å². The van der Waals surface area contributed by atoms with Crippen LogP contribution in [0.2, 0.25) is 0 Å². The van der Waals surface area contributed by atoms with Crippen molar-refractivity contribution in [2.75, 3.05) is 0 Å². The van der Waals surface area contributed by atoms with Gasteiger partial charge in [0.2, 0.25) is 5.82 Å². The normalized spacial score (nSPS) is 10.7. The second kappa shape index (κ2) is 5.85. The highest BCUT2D eigenvalue weighted by Crippen LogP contribution is 2.22. The lowest BCUT2D eigenvalue weighted by molar-refractivity contribution is 0.719. The van der Waals surface area contributed by atoms with Crippen LogP contribution in [-0.2, 0) is 5.33 Å². The molecule has 0 aliphatic heterocycles. The lowest BCUT2D eigenvalue weighted by Gasteiger charge is -2.03. The average molecular weight is 394 g/mol. The fraction of sp³-hybridized carbons (Fsp3) is 0.0714. The summed E-state index contributed by atoms with van der Waals surface area (Å²) in [5.41, 5.74) is 3.00. The van der Waals surface area contributed by atoms with Crippen LogP contribution in [0.15, 0.2) is 53.0 Å². The Hall–Kier alpha value is -1.53. The molecule has 0 aliphatic rings. The molecule has 0 N–H and O–H groups in total. The van der Waals surface area contributed by atoms with Crippen LogP contribution in [0.25, 0.3) is 17.1 Å². The number of alkyl halides is 1. The predicted octanol–water partition coefficient (Wildman–Crippen LogP) is 3.99. The summed E-state index contributed by atoms with van der Waals surface area (Å²) in [7, 11) is 0. The minimum Gasteiger partial charge on any atom is -0.130 e. The van der Waals surface area contributed by atoms with E-state index in [0.717, 1.165) is 21.1 Å². The predicted molar refractivity (Wildman–Crippen MR) is 84.9 cm³/mol. The standard InChI is InChI=1S/C14H10Br2N4/c15-9-11-6-7-12(8-13(11)16)20-18-14(17-19-20)10-4-2-1-3-5-10/h1-8H,9H2. The highest BCUT2D eigenvalue weighted by atomic mass is 79.9. The second-order valence-electron chi connectivity index (χ2n) is 4.18. The molecular weight excluding hydrogens is 384 g/mol. The van der Waals surface area contributed by atoms with Gasteiger partial charge in [-0.05, 0) is 22.9 Å². The molecule has 0 spiro atoms. The first-order chi connectivity index (χ1) is 9.78. The molecule has 0 bridgehead atoms. The Kier molecular flexibility index (Phi) is 3.93. The molecule has 0 fully saturated rings. The van der Waals surface area contributed by atoms with E-state index in [1.807, 2.05) is 48.5 Å². The molecule has 3 aromatic rings. The van der Waals surface area contributed by atoms with Gasteiger partial charge in [-0.25, -0.2) is 0 Å². The Morgan fingerprint density at radius 2 is 1.85 bits per heavy atom. The number of nitrogens with zero attached hydrogens (tertiary/aromatic N) is 4. The summed E-state index contributed by atoms with van der Waals surface area (Å²) in [5, 5.41) is 13.4. The Labute approximate surface area is 133 Å². The molecule has 1 aromatic heterocycles. The van der Waals surface area contributed by atoms with E-state index in [2.05, 4.69) is 47.3 Å². The molecule has 0 unspecified atom stereocenters. The third-order valence-electron chi connectivity index (χ3n) is 2.86. The molecule has 0 radical (unpaired) electrons. The minimum absolute atomic E-state index is 0.617. The van der Waals surface area contributed by atoms with Gasteiger partial charge in [-0.1, -0.05) is 68.3 Å². The monoisotopic (exact) mass is 392 g/mol. The van der Waals surface area contributed by atoms with E-state index >= 15 is 0 Å². The highest BCUT2D eigenvalue weighted by molar-refractivity contribution is 9.10. The van der Waals surface area contributed by atoms with E-state index in [0.29, 0.717) is 5.82 Å². The largest absolute Gasteiger partial charge is 0.205 e. The number of aromatic nitrogens is 4. The number of hydrogen-bond acceptors (Lipinski definition) is 3. The average Bonchev–Trinajstić information content (AvgIpc) is 2.98. The van der Waals surface area contributed by atoms with Crippen molar-refractivity contribution in [1.29, 1.82) is 0 Å². The van der Waals surface area contributed by atoms with Crippen molar-refractivity contribution in [3.05, 3.63) is 58.6 Å². The summed E-state index contributed by atoms with van der Waals surface area (Å²) in [5.74, 6) is 0.617. The lowest BCUT2D eigenvalue weighted by atomic mass is 10.2. The lowest BCUT2D eigenvalue weighted by Crippen LogP contribution is -1.99. The van der Waals surface area contributed by atoms with Gasteiger partial charge in [-0.3, -0.25) is 0 Å². The topological polar surface area (TPSA) is 43.6 Å². The molecular formula is C14H10Br2N4. The van der Waals surface area contributed by atoms with Crippen molar-refractivity contribution in [2.45, 2.75) is 5.33 Å². The van der Waals surface area contributed by atoms with Gasteiger partial charge in [0.05, 0.1) is 5.69 Å². The molecule has 0 amide bonds. The quantitative estimate of drug-likeness (QED) is 0.632. The molecule has 1 heterocycles. The Morgan fingerprint density at radius 1 is 1.05 bits per heavy atom. The molecule has 100 valence electrons. The molecule has 0 saturated carbocycles. The summed E-state index contributed by atoms with van der Waals surface area (Å²) >= 11 is 6.98. The highest BCUT2D eigenvalue weighted by Gasteiger charge is 2.08. The van der Waals surface area contributed by atoms with Gasteiger partial charge in [0.15, 0.2) is 0 Å². The van der Waals surface area contributed by atoms with E-state index in [-0.39, 0.29) is 0 Å². The third-order valence-corrected chi connectivity index (χ3v) is 4.20. The van der Waals surface area contributed by atoms with Crippen molar-refractivity contribution in [1.82, 2.24) is 20.2 Å². The van der Waals surface area contributed by atoms with Crippen molar-refractivity contribution in [3.63, 3.8) is 0 Å². The van der Waals surface area contributed by atoms with Gasteiger partial charge in [0.25, 0.3) is 0 Å². The minimum atomic E-state index is 0.617. The van der Waals surface area contributed by atoms with E-state index in [9.17, 15) is 0 Å². The summed E-state index contributed by atoms with van der Waals surface area (Å²) < 4.78 is 1.02. The van der Waals surface area contributed by atoms with Crippen LogP contribution in [0, 0.1) is 0 Å². The molecule has 6 heteroatoms. The van der Waals surface area contributed by atoms with E-state index in [1.54, 1.807) is 0 Å². The molecule has 2 aromatic carbocycles. The van der Waals surface area contributed by atoms with Gasteiger partial charge < -0.3 is 0 Å². The van der Waals surface area contributed by atoms with Crippen LogP contribution in [0.5, 0.6) is 0 Å². The molecule has 0 saturated heterocycles. The van der Waals surface area contributed by atoms with Gasteiger partial charge in [0.1, 0.15) is 0 Å². The zero-order valence-corrected chi connectivity index (χ0v) is 13.5. The molecule has 0 atom stereocenters. The summed E-state index contributed by atoms with van der Waals surface area (Å²) in [4.78, 5) is 1.53. The molecule has 3 rings (SSSR count). The van der Waals surface area contributed by atoms with Gasteiger partial charge >= 0.3 is 0 Å². The first kappa shape index (κ1) is 13.5. The third kappa shape index (κ3) is 2.66. The van der Waals surface area contributed by atoms with Crippen LogP contribution in [-0.4, -0.2) is 20.2 Å². The van der Waals surface area contributed by atoms with Gasteiger partial charge in [-0.15, -0.1) is 15.0 Å². The summed E-state index contributed by atoms with van der Waals surface area (Å²) in [6.07, 6.45) is 0. The maximum atomic E-state index is 4.41. The second-order valence-corrected chi connectivity index (χ2v) is 5.59. The van der Waals surface area contributed by atoms with Crippen LogP contribution in [0.1, 0.15) is 5.56 Å². The number of halogens is 2. The van der Waals surface area contributed by atoms with Crippen LogP contribution >= 0.6 is 31.9 Å². The number of tetrazole rings is 1. The first-order valence-corrected chi connectivity index (χ1v) is 7.89. The Bertz CT molecular complexity index is 725. The molecule has 20 heavy (non-hydrogen) atoms. The number of benzene rings is 2. The van der Waals surface area contributed by atoms with Gasteiger partial charge in [-0.2, -0.15) is 0 Å². The smallest absolute Gasteiger partial charge is 0.130 e. The fourth-order valence-electron chi connectivity index (χ4n) is 1.80. The van der Waals surface area contributed by atoms with E-state index in [4.69, 9.17) is 0 Å². The first-order valence-electron chi connectivity index (χ1n) is 5.98. The molecule has 4 nitrogen and oxygen atoms in total. The maximum absolute atomic E-state index is 4.41. The Morgan fingerprint density at radius 3 is 2.55 bits per heavy atom. The van der Waals surface area contributed by atoms with Crippen molar-refractivity contribution in [2.24, 2.45) is 0 Å². The fourth-order valence-corrected chi connectivity index (χ4v) is 3.17. The Balaban J connectivity index is 1.96. The zero-order valence-electron chi connectivity index (χ0n) is 10.4. The molecule has 0 aliphatic carbocycles. The van der Waals surface area contributed by atoms with Crippen LogP contribution < -0.4 is 0 Å². The van der Waals surface area contributed by atoms with Crippen molar-refractivity contribution < 1.29 is 0 Å². The maximum Gasteiger partial charge on any atom is 0.205 e. The van der Waals surface area contributed by atoms with E-state index < -0.39 is 0 Å². The zero-order chi connectivity index (χ0) is 13.9. The SMILES string of the molecule is BrCc1ccc(-n2nnc(-c3ccccc3)n2)cc1Br. The van der Waals surface area contributed by atoms with Crippen LogP contribution in [0.4, 0.5) is 0 Å². The van der Waals surface area contributed by atoms with Gasteiger partial charge in [0, 0.05) is 15.4 Å². The van der Waals surface area contributed by atoms with E-state index in [1.165, 1.54) is 10.4 Å². The summed E-state index contributed by atoms with van der Waals surface area (Å²) in [6, 6.07) is 15.8. The van der Waals surface area contributed by atoms with Crippen molar-refractivity contribution in [3.8, 4) is 17.1 Å². The van der Waals surface area contributed by atoms with Crippen molar-refractivity contribution >= 4 is 31.9 Å². The number of rotatable bonds is 3. The summed E-state index contributed by atoms with van der Waals surface area (Å²) in [6.45, 7) is 0. The number of hydrogen-bond donors (Lipinski definition) is 0.